The Labute approximate surface area is 117 Å². The number of anilines is 2. The van der Waals surface area contributed by atoms with Crippen molar-refractivity contribution in [2.45, 2.75) is 45.6 Å². The number of hydrogen-bond acceptors (Lipinski definition) is 4. The van der Waals surface area contributed by atoms with Gasteiger partial charge in [-0.1, -0.05) is 13.8 Å². The summed E-state index contributed by atoms with van der Waals surface area (Å²) >= 11 is 0. The fraction of sp³-hybridized carbons (Fsp3) is 0.500. The van der Waals surface area contributed by atoms with Crippen LogP contribution in [0.5, 0.6) is 0 Å². The number of nitro groups is 1. The average Bonchev–Trinajstić information content (AvgIpc) is 2.43. The van der Waals surface area contributed by atoms with E-state index in [0.29, 0.717) is 24.2 Å². The predicted octanol–water partition coefficient (Wildman–Crippen LogP) is 3.08. The van der Waals surface area contributed by atoms with E-state index in [9.17, 15) is 14.9 Å². The van der Waals surface area contributed by atoms with Gasteiger partial charge in [0.2, 0.25) is 5.91 Å². The number of benzene rings is 1. The Morgan fingerprint density at radius 1 is 1.35 bits per heavy atom. The lowest BCUT2D eigenvalue weighted by atomic mass is 10.0. The van der Waals surface area contributed by atoms with Gasteiger partial charge in [0, 0.05) is 18.5 Å². The second-order valence-electron chi connectivity index (χ2n) is 4.99. The molecule has 0 aliphatic carbocycles. The molecule has 0 unspecified atom stereocenters. The Bertz CT molecular complexity index is 539. The Kier molecular flexibility index (Phi) is 4.22. The van der Waals surface area contributed by atoms with Crippen molar-refractivity contribution in [1.82, 2.24) is 0 Å². The van der Waals surface area contributed by atoms with E-state index in [2.05, 4.69) is 10.6 Å². The van der Waals surface area contributed by atoms with Gasteiger partial charge < -0.3 is 10.6 Å². The summed E-state index contributed by atoms with van der Waals surface area (Å²) in [5.41, 5.74) is 2.06. The van der Waals surface area contributed by atoms with E-state index < -0.39 is 4.92 Å². The maximum atomic E-state index is 11.4. The van der Waals surface area contributed by atoms with Crippen molar-refractivity contribution in [2.75, 3.05) is 10.6 Å². The molecule has 2 N–H and O–H groups in total. The first kappa shape index (κ1) is 14.3. The van der Waals surface area contributed by atoms with Crippen molar-refractivity contribution in [3.05, 3.63) is 27.8 Å². The zero-order valence-corrected chi connectivity index (χ0v) is 11.7. The Morgan fingerprint density at radius 2 is 2.05 bits per heavy atom. The number of amides is 1. The second kappa shape index (κ2) is 5.90. The van der Waals surface area contributed by atoms with Gasteiger partial charge in [0.25, 0.3) is 5.69 Å². The highest BCUT2D eigenvalue weighted by molar-refractivity contribution is 5.95. The van der Waals surface area contributed by atoms with Crippen molar-refractivity contribution >= 4 is 23.0 Å². The van der Waals surface area contributed by atoms with E-state index in [4.69, 9.17) is 0 Å². The van der Waals surface area contributed by atoms with Crippen LogP contribution in [-0.2, 0) is 11.2 Å². The standard InChI is InChI=1S/C14H19N3O3/c1-3-10(4-2)15-12-7-9-5-6-14(18)16-11(9)8-13(12)17(19)20/h7-8,10,15H,3-6H2,1-2H3,(H,16,18). The number of fused-ring (bicyclic) bond motifs is 1. The summed E-state index contributed by atoms with van der Waals surface area (Å²) in [4.78, 5) is 22.2. The molecule has 1 aliphatic heterocycles. The van der Waals surface area contributed by atoms with Crippen LogP contribution in [0.1, 0.15) is 38.7 Å². The summed E-state index contributed by atoms with van der Waals surface area (Å²) in [5, 5.41) is 17.1. The first-order chi connectivity index (χ1) is 9.55. The molecule has 0 saturated carbocycles. The van der Waals surface area contributed by atoms with Gasteiger partial charge in [0.05, 0.1) is 10.6 Å². The number of rotatable bonds is 5. The van der Waals surface area contributed by atoms with Gasteiger partial charge in [-0.2, -0.15) is 0 Å². The van der Waals surface area contributed by atoms with Crippen LogP contribution in [0, 0.1) is 10.1 Å². The Hall–Kier alpha value is -2.11. The molecule has 0 radical (unpaired) electrons. The highest BCUT2D eigenvalue weighted by atomic mass is 16.6. The van der Waals surface area contributed by atoms with E-state index in [1.165, 1.54) is 6.07 Å². The molecule has 0 saturated heterocycles. The lowest BCUT2D eigenvalue weighted by Gasteiger charge is -2.21. The van der Waals surface area contributed by atoms with Crippen LogP contribution in [0.2, 0.25) is 0 Å². The number of nitrogens with one attached hydrogen (secondary N) is 2. The number of nitrogens with zero attached hydrogens (tertiary/aromatic N) is 1. The number of carbonyl (C=O) groups excluding carboxylic acids is 1. The molecule has 0 bridgehead atoms. The number of nitro benzene ring substituents is 1. The Morgan fingerprint density at radius 3 is 2.65 bits per heavy atom. The number of hydrogen-bond donors (Lipinski definition) is 2. The summed E-state index contributed by atoms with van der Waals surface area (Å²) in [6.07, 6.45) is 2.86. The fourth-order valence-corrected chi connectivity index (χ4v) is 2.40. The van der Waals surface area contributed by atoms with Crippen molar-refractivity contribution < 1.29 is 9.72 Å². The van der Waals surface area contributed by atoms with Gasteiger partial charge in [-0.3, -0.25) is 14.9 Å². The molecule has 1 aromatic carbocycles. The minimum Gasteiger partial charge on any atom is -0.377 e. The van der Waals surface area contributed by atoms with Gasteiger partial charge in [-0.25, -0.2) is 0 Å². The van der Waals surface area contributed by atoms with Crippen molar-refractivity contribution in [1.29, 1.82) is 0 Å². The molecule has 1 amide bonds. The first-order valence-corrected chi connectivity index (χ1v) is 6.92. The van der Waals surface area contributed by atoms with Crippen LogP contribution in [0.25, 0.3) is 0 Å². The molecule has 1 aromatic rings. The molecule has 0 spiro atoms. The molecule has 20 heavy (non-hydrogen) atoms. The molecule has 6 nitrogen and oxygen atoms in total. The monoisotopic (exact) mass is 277 g/mol. The smallest absolute Gasteiger partial charge is 0.294 e. The van der Waals surface area contributed by atoms with Crippen LogP contribution < -0.4 is 10.6 Å². The van der Waals surface area contributed by atoms with Crippen molar-refractivity contribution in [3.8, 4) is 0 Å². The zero-order valence-electron chi connectivity index (χ0n) is 11.7. The van der Waals surface area contributed by atoms with Gasteiger partial charge in [-0.15, -0.1) is 0 Å². The van der Waals surface area contributed by atoms with E-state index in [1.807, 2.05) is 13.8 Å². The highest BCUT2D eigenvalue weighted by Gasteiger charge is 2.23. The van der Waals surface area contributed by atoms with Gasteiger partial charge in [0.1, 0.15) is 5.69 Å². The van der Waals surface area contributed by atoms with E-state index in [0.717, 1.165) is 18.4 Å². The molecule has 1 heterocycles. The third-order valence-electron chi connectivity index (χ3n) is 3.66. The summed E-state index contributed by atoms with van der Waals surface area (Å²) in [6.45, 7) is 4.09. The maximum Gasteiger partial charge on any atom is 0.294 e. The maximum absolute atomic E-state index is 11.4. The van der Waals surface area contributed by atoms with Crippen LogP contribution >= 0.6 is 0 Å². The molecule has 108 valence electrons. The number of aryl methyl sites for hydroxylation is 1. The topological polar surface area (TPSA) is 84.3 Å². The molecule has 0 atom stereocenters. The summed E-state index contributed by atoms with van der Waals surface area (Å²) in [6, 6.07) is 3.47. The highest BCUT2D eigenvalue weighted by Crippen LogP contribution is 2.34. The third-order valence-corrected chi connectivity index (χ3v) is 3.66. The molecular weight excluding hydrogens is 258 g/mol. The van der Waals surface area contributed by atoms with Crippen molar-refractivity contribution in [3.63, 3.8) is 0 Å². The number of carbonyl (C=O) groups is 1. The van der Waals surface area contributed by atoms with Gasteiger partial charge in [0.15, 0.2) is 0 Å². The van der Waals surface area contributed by atoms with Crippen LogP contribution in [0.15, 0.2) is 12.1 Å². The third kappa shape index (κ3) is 2.89. The Balaban J connectivity index is 2.39. The lowest BCUT2D eigenvalue weighted by molar-refractivity contribution is -0.383. The minimum atomic E-state index is -0.411. The molecular formula is C14H19N3O3. The summed E-state index contributed by atoms with van der Waals surface area (Å²) in [7, 11) is 0. The van der Waals surface area contributed by atoms with E-state index >= 15 is 0 Å². The minimum absolute atomic E-state index is 0.0119. The molecule has 1 aliphatic rings. The largest absolute Gasteiger partial charge is 0.377 e. The second-order valence-corrected chi connectivity index (χ2v) is 4.99. The molecule has 2 rings (SSSR count). The molecule has 0 fully saturated rings. The van der Waals surface area contributed by atoms with Crippen molar-refractivity contribution in [2.24, 2.45) is 0 Å². The SMILES string of the molecule is CCC(CC)Nc1cc2c(cc1[N+](=O)[O-])NC(=O)CC2. The first-order valence-electron chi connectivity index (χ1n) is 6.92. The quantitative estimate of drug-likeness (QED) is 0.640. The van der Waals surface area contributed by atoms with Crippen LogP contribution in [0.4, 0.5) is 17.1 Å². The van der Waals surface area contributed by atoms with Gasteiger partial charge in [-0.05, 0) is 30.9 Å². The normalized spacial score (nSPS) is 13.8. The zero-order chi connectivity index (χ0) is 14.7. The molecule has 0 aromatic heterocycles. The van der Waals surface area contributed by atoms with E-state index in [-0.39, 0.29) is 17.6 Å². The van der Waals surface area contributed by atoms with E-state index in [1.54, 1.807) is 6.07 Å². The average molecular weight is 277 g/mol. The van der Waals surface area contributed by atoms with Crippen LogP contribution in [0.3, 0.4) is 0 Å². The van der Waals surface area contributed by atoms with Crippen LogP contribution in [-0.4, -0.2) is 16.9 Å². The summed E-state index contributed by atoms with van der Waals surface area (Å²) < 4.78 is 0. The van der Waals surface area contributed by atoms with Gasteiger partial charge >= 0.3 is 0 Å². The molecule has 6 heteroatoms. The fourth-order valence-electron chi connectivity index (χ4n) is 2.40. The lowest BCUT2D eigenvalue weighted by Crippen LogP contribution is -2.21. The predicted molar refractivity (Wildman–Crippen MR) is 78.0 cm³/mol. The summed E-state index contributed by atoms with van der Waals surface area (Å²) in [5.74, 6) is -0.0903.